The lowest BCUT2D eigenvalue weighted by Crippen LogP contribution is -2.17. The smallest absolute Gasteiger partial charge is 0.298 e. The van der Waals surface area contributed by atoms with E-state index in [1.165, 1.54) is 25.7 Å². The van der Waals surface area contributed by atoms with Crippen molar-refractivity contribution in [3.05, 3.63) is 64.7 Å². The number of nitrogens with one attached hydrogen (secondary N) is 1. The number of methoxy groups -OCH3 is 1. The number of phenolic OH excluding ortho intramolecular Hbond substituents is 1. The molecule has 0 radical (unpaired) electrons. The first-order valence-electron chi connectivity index (χ1n) is 7.57. The van der Waals surface area contributed by atoms with Crippen LogP contribution in [0.5, 0.6) is 11.5 Å². The summed E-state index contributed by atoms with van der Waals surface area (Å²) in [7, 11) is 1.53. The Kier molecular flexibility index (Phi) is 3.46. The summed E-state index contributed by atoms with van der Waals surface area (Å²) in [5, 5.41) is 14.9. The van der Waals surface area contributed by atoms with Crippen molar-refractivity contribution >= 4 is 28.2 Å². The molecule has 7 heteroatoms. The van der Waals surface area contributed by atoms with Crippen LogP contribution in [0.25, 0.3) is 21.9 Å². The third kappa shape index (κ3) is 2.51. The van der Waals surface area contributed by atoms with E-state index in [1.807, 2.05) is 24.3 Å². The van der Waals surface area contributed by atoms with Crippen LogP contribution in [0.4, 0.5) is 0 Å². The minimum atomic E-state index is -0.320. The fourth-order valence-electron chi connectivity index (χ4n) is 2.67. The largest absolute Gasteiger partial charge is 0.507 e. The summed E-state index contributed by atoms with van der Waals surface area (Å²) in [4.78, 5) is 20.0. The molecule has 0 fully saturated rings. The summed E-state index contributed by atoms with van der Waals surface area (Å²) in [5.41, 5.74) is 1.95. The molecule has 25 heavy (non-hydrogen) atoms. The average Bonchev–Trinajstić information content (AvgIpc) is 3.02. The zero-order chi connectivity index (χ0) is 17.4. The van der Waals surface area contributed by atoms with Gasteiger partial charge in [0.15, 0.2) is 0 Å². The van der Waals surface area contributed by atoms with Gasteiger partial charge in [-0.05, 0) is 24.3 Å². The van der Waals surface area contributed by atoms with E-state index in [9.17, 15) is 9.90 Å². The van der Waals surface area contributed by atoms with Gasteiger partial charge in [-0.15, -0.1) is 0 Å². The second-order valence-corrected chi connectivity index (χ2v) is 5.46. The normalized spacial score (nSPS) is 11.6. The molecular weight excluding hydrogens is 320 g/mol. The third-order valence-electron chi connectivity index (χ3n) is 3.95. The van der Waals surface area contributed by atoms with Gasteiger partial charge >= 0.3 is 0 Å². The number of phenols is 1. The summed E-state index contributed by atoms with van der Waals surface area (Å²) < 4.78 is 6.24. The van der Waals surface area contributed by atoms with E-state index >= 15 is 0 Å². The van der Waals surface area contributed by atoms with Gasteiger partial charge in [0, 0.05) is 16.5 Å². The van der Waals surface area contributed by atoms with Crippen molar-refractivity contribution in [2.24, 2.45) is 5.10 Å². The molecule has 0 atom stereocenters. The minimum absolute atomic E-state index is 0.0391. The van der Waals surface area contributed by atoms with Gasteiger partial charge in [0.1, 0.15) is 28.9 Å². The van der Waals surface area contributed by atoms with E-state index in [0.717, 1.165) is 15.6 Å². The number of hydrogen-bond donors (Lipinski definition) is 2. The zero-order valence-electron chi connectivity index (χ0n) is 13.3. The number of para-hydroxylation sites is 1. The highest BCUT2D eigenvalue weighted by molar-refractivity contribution is 6.04. The van der Waals surface area contributed by atoms with Crippen LogP contribution in [0.3, 0.4) is 0 Å². The van der Waals surface area contributed by atoms with E-state index in [-0.39, 0.29) is 11.3 Å². The molecule has 0 amide bonds. The number of fused-ring (bicyclic) bond motifs is 3. The average molecular weight is 334 g/mol. The second-order valence-electron chi connectivity index (χ2n) is 5.46. The molecule has 0 spiro atoms. The molecule has 7 nitrogen and oxygen atoms in total. The zero-order valence-corrected chi connectivity index (χ0v) is 13.3. The van der Waals surface area contributed by atoms with E-state index < -0.39 is 0 Å². The van der Waals surface area contributed by atoms with Crippen molar-refractivity contribution in [3.63, 3.8) is 0 Å². The number of H-pyrrole nitrogens is 1. The molecule has 2 aromatic carbocycles. The topological polar surface area (TPSA) is 92.5 Å². The number of nitrogens with zero attached hydrogens (tertiary/aromatic N) is 3. The molecule has 4 aromatic rings. The van der Waals surface area contributed by atoms with Gasteiger partial charge in [0.25, 0.3) is 5.56 Å². The Morgan fingerprint density at radius 2 is 2.12 bits per heavy atom. The van der Waals surface area contributed by atoms with Crippen LogP contribution in [0.15, 0.2) is 58.7 Å². The van der Waals surface area contributed by atoms with E-state index in [1.54, 1.807) is 12.1 Å². The Morgan fingerprint density at radius 1 is 1.28 bits per heavy atom. The molecule has 124 valence electrons. The minimum Gasteiger partial charge on any atom is -0.507 e. The van der Waals surface area contributed by atoms with Gasteiger partial charge in [-0.3, -0.25) is 4.79 Å². The summed E-state index contributed by atoms with van der Waals surface area (Å²) in [5.74, 6) is 0.619. The summed E-state index contributed by atoms with van der Waals surface area (Å²) >= 11 is 0. The van der Waals surface area contributed by atoms with Gasteiger partial charge in [-0.25, -0.2) is 4.98 Å². The number of aromatic amines is 1. The predicted octanol–water partition coefficient (Wildman–Crippen LogP) is 2.47. The predicted molar refractivity (Wildman–Crippen MR) is 95.5 cm³/mol. The third-order valence-corrected chi connectivity index (χ3v) is 3.95. The van der Waals surface area contributed by atoms with Crippen molar-refractivity contribution in [1.29, 1.82) is 0 Å². The first-order chi connectivity index (χ1) is 12.2. The van der Waals surface area contributed by atoms with Crippen LogP contribution in [-0.2, 0) is 0 Å². The molecule has 4 rings (SSSR count). The van der Waals surface area contributed by atoms with Crippen molar-refractivity contribution in [2.45, 2.75) is 0 Å². The SMILES string of the molecule is COc1ccc(O)c(C=Nn2cnc3c([nH]c4ccccc43)c2=O)c1. The van der Waals surface area contributed by atoms with E-state index in [0.29, 0.717) is 22.3 Å². The number of aromatic nitrogens is 3. The Bertz CT molecular complexity index is 1170. The van der Waals surface area contributed by atoms with Crippen molar-refractivity contribution in [1.82, 2.24) is 14.6 Å². The van der Waals surface area contributed by atoms with Crippen LogP contribution in [0.2, 0.25) is 0 Å². The van der Waals surface area contributed by atoms with Crippen LogP contribution in [-0.4, -0.2) is 33.1 Å². The lowest BCUT2D eigenvalue weighted by Gasteiger charge is -2.03. The quantitative estimate of drug-likeness (QED) is 0.563. The second kappa shape index (κ2) is 5.79. The van der Waals surface area contributed by atoms with Gasteiger partial charge in [-0.1, -0.05) is 18.2 Å². The fraction of sp³-hybridized carbons (Fsp3) is 0.0556. The van der Waals surface area contributed by atoms with Crippen LogP contribution in [0.1, 0.15) is 5.56 Å². The molecule has 0 saturated heterocycles. The van der Waals surface area contributed by atoms with E-state index in [2.05, 4.69) is 15.1 Å². The monoisotopic (exact) mass is 334 g/mol. The summed E-state index contributed by atoms with van der Waals surface area (Å²) in [6.45, 7) is 0. The van der Waals surface area contributed by atoms with Crippen molar-refractivity contribution in [2.75, 3.05) is 7.11 Å². The molecule has 2 N–H and O–H groups in total. The summed E-state index contributed by atoms with van der Waals surface area (Å²) in [6, 6.07) is 12.3. The fourth-order valence-corrected chi connectivity index (χ4v) is 2.67. The maximum absolute atomic E-state index is 12.6. The first-order valence-corrected chi connectivity index (χ1v) is 7.57. The Labute approximate surface area is 141 Å². The Hall–Kier alpha value is -3.61. The van der Waals surface area contributed by atoms with Gasteiger partial charge in [-0.2, -0.15) is 9.78 Å². The molecule has 0 saturated carbocycles. The number of rotatable bonds is 3. The van der Waals surface area contributed by atoms with Crippen LogP contribution < -0.4 is 10.3 Å². The molecular formula is C18H14N4O3. The number of aromatic hydroxyl groups is 1. The van der Waals surface area contributed by atoms with Crippen molar-refractivity contribution in [3.8, 4) is 11.5 Å². The lowest BCUT2D eigenvalue weighted by atomic mass is 10.2. The highest BCUT2D eigenvalue weighted by Gasteiger charge is 2.10. The maximum atomic E-state index is 12.6. The molecule has 0 bridgehead atoms. The van der Waals surface area contributed by atoms with Gasteiger partial charge in [0.2, 0.25) is 0 Å². The first kappa shape index (κ1) is 14.9. The lowest BCUT2D eigenvalue weighted by molar-refractivity contribution is 0.412. The molecule has 0 unspecified atom stereocenters. The van der Waals surface area contributed by atoms with Crippen LogP contribution >= 0.6 is 0 Å². The molecule has 0 aliphatic carbocycles. The molecule has 0 aliphatic heterocycles. The highest BCUT2D eigenvalue weighted by Crippen LogP contribution is 2.22. The molecule has 2 aromatic heterocycles. The standard InChI is InChI=1S/C18H14N4O3/c1-25-12-6-7-15(23)11(8-12)9-20-22-10-19-16-13-4-2-3-5-14(13)21-17(16)18(22)24/h2-10,21,23H,1H3. The van der Waals surface area contributed by atoms with Gasteiger partial charge < -0.3 is 14.8 Å². The molecule has 0 aliphatic rings. The highest BCUT2D eigenvalue weighted by atomic mass is 16.5. The Balaban J connectivity index is 1.81. The number of hydrogen-bond acceptors (Lipinski definition) is 5. The maximum Gasteiger partial charge on any atom is 0.298 e. The summed E-state index contributed by atoms with van der Waals surface area (Å²) in [6.07, 6.45) is 2.74. The molecule has 2 heterocycles. The number of benzene rings is 2. The number of ether oxygens (including phenoxy) is 1. The van der Waals surface area contributed by atoms with Gasteiger partial charge in [0.05, 0.1) is 13.3 Å². The van der Waals surface area contributed by atoms with E-state index in [4.69, 9.17) is 4.74 Å². The Morgan fingerprint density at radius 3 is 2.96 bits per heavy atom. The van der Waals surface area contributed by atoms with Crippen molar-refractivity contribution < 1.29 is 9.84 Å². The van der Waals surface area contributed by atoms with Crippen LogP contribution in [0, 0.1) is 0 Å².